The number of aryl methyl sites for hydroxylation is 1. The zero-order valence-corrected chi connectivity index (χ0v) is 21.6. The van der Waals surface area contributed by atoms with Gasteiger partial charge in [0.2, 0.25) is 0 Å². The lowest BCUT2D eigenvalue weighted by Crippen LogP contribution is -2.53. The molecule has 7 nitrogen and oxygen atoms in total. The highest BCUT2D eigenvalue weighted by atomic mass is 16.5. The van der Waals surface area contributed by atoms with E-state index in [0.717, 1.165) is 31.4 Å². The van der Waals surface area contributed by atoms with Gasteiger partial charge in [0.1, 0.15) is 5.69 Å². The smallest absolute Gasteiger partial charge is 0.310 e. The minimum atomic E-state index is -0.237. The Morgan fingerprint density at radius 3 is 2.71 bits per heavy atom. The van der Waals surface area contributed by atoms with Crippen molar-refractivity contribution in [2.45, 2.75) is 59.0 Å². The Morgan fingerprint density at radius 1 is 1.24 bits per heavy atom. The number of hydrogen-bond acceptors (Lipinski definition) is 5. The van der Waals surface area contributed by atoms with Crippen molar-refractivity contribution in [3.63, 3.8) is 0 Å². The Labute approximate surface area is 205 Å². The monoisotopic (exact) mass is 473 g/mol. The average Bonchev–Trinajstić information content (AvgIpc) is 3.25. The van der Waals surface area contributed by atoms with Crippen LogP contribution in [0.15, 0.2) is 36.6 Å². The van der Waals surface area contributed by atoms with Gasteiger partial charge in [-0.3, -0.25) is 9.59 Å². The van der Waals surface area contributed by atoms with E-state index in [-0.39, 0.29) is 23.8 Å². The summed E-state index contributed by atoms with van der Waals surface area (Å²) < 4.78 is 12.3. The molecule has 1 aliphatic rings. The first-order valence-electron chi connectivity index (χ1n) is 12.5. The Kier molecular flexibility index (Phi) is 12.1. The maximum Gasteiger partial charge on any atom is 0.310 e. The van der Waals surface area contributed by atoms with Crippen molar-refractivity contribution < 1.29 is 19.1 Å². The van der Waals surface area contributed by atoms with Gasteiger partial charge in [-0.05, 0) is 50.2 Å². The number of hydrogen-bond donors (Lipinski definition) is 1. The lowest BCUT2D eigenvalue weighted by Gasteiger charge is -2.38. The molecule has 1 aliphatic heterocycles. The van der Waals surface area contributed by atoms with Crippen LogP contribution in [0.2, 0.25) is 0 Å². The van der Waals surface area contributed by atoms with E-state index in [9.17, 15) is 9.59 Å². The van der Waals surface area contributed by atoms with Crippen LogP contribution < -0.4 is 5.32 Å². The molecule has 1 amide bonds. The number of amides is 1. The number of carbonyl (C=O) groups excluding carboxylic acids is 2. The fourth-order valence-electron chi connectivity index (χ4n) is 4.41. The molecule has 34 heavy (non-hydrogen) atoms. The minimum absolute atomic E-state index is 0.0291. The second kappa shape index (κ2) is 14.8. The molecule has 2 heterocycles. The lowest BCUT2D eigenvalue weighted by molar-refractivity contribution is -0.146. The summed E-state index contributed by atoms with van der Waals surface area (Å²) in [5.41, 5.74) is 1.84. The van der Waals surface area contributed by atoms with Gasteiger partial charge in [-0.15, -0.1) is 0 Å². The SMILES string of the molecule is C/C=C\C=CCc1cc(C(=O)N(CC(C)C)C2CNCC(C(=O)OC)C2)n(CCCCOC)c1. The number of piperidine rings is 1. The maximum absolute atomic E-state index is 13.9. The van der Waals surface area contributed by atoms with E-state index in [0.29, 0.717) is 44.3 Å². The van der Waals surface area contributed by atoms with E-state index in [2.05, 4.69) is 36.0 Å². The highest BCUT2D eigenvalue weighted by Crippen LogP contribution is 2.22. The number of carbonyl (C=O) groups is 2. The third-order valence-corrected chi connectivity index (χ3v) is 6.09. The molecule has 0 saturated carbocycles. The first-order valence-corrected chi connectivity index (χ1v) is 12.5. The van der Waals surface area contributed by atoms with Gasteiger partial charge >= 0.3 is 5.97 Å². The molecule has 1 saturated heterocycles. The van der Waals surface area contributed by atoms with Crippen LogP contribution in [-0.4, -0.2) is 67.8 Å². The number of allylic oxidation sites excluding steroid dienone is 4. The highest BCUT2D eigenvalue weighted by molar-refractivity contribution is 5.93. The largest absolute Gasteiger partial charge is 0.469 e. The standard InChI is InChI=1S/C27H43N3O4/c1-6-7-8-9-12-22-15-25(29(20-22)13-10-11-14-33-4)26(31)30(19-21(2)3)24-16-23(17-28-18-24)27(32)34-5/h6-9,15,20-21,23-24,28H,10-14,16-19H2,1-5H3/b7-6-,9-8?. The molecule has 7 heteroatoms. The third kappa shape index (κ3) is 8.44. The number of nitrogens with one attached hydrogen (secondary N) is 1. The summed E-state index contributed by atoms with van der Waals surface area (Å²) in [6, 6.07) is 1.97. The van der Waals surface area contributed by atoms with Crippen molar-refractivity contribution in [1.29, 1.82) is 0 Å². The van der Waals surface area contributed by atoms with Gasteiger partial charge in [0.25, 0.3) is 5.91 Å². The fraction of sp³-hybridized carbons (Fsp3) is 0.630. The molecule has 2 atom stereocenters. The van der Waals surface area contributed by atoms with Gasteiger partial charge in [-0.2, -0.15) is 0 Å². The van der Waals surface area contributed by atoms with E-state index in [1.165, 1.54) is 7.11 Å². The summed E-state index contributed by atoms with van der Waals surface area (Å²) in [6.07, 6.45) is 13.5. The van der Waals surface area contributed by atoms with E-state index >= 15 is 0 Å². The second-order valence-corrected chi connectivity index (χ2v) is 9.40. The van der Waals surface area contributed by atoms with Crippen LogP contribution in [0.5, 0.6) is 0 Å². The average molecular weight is 474 g/mol. The molecule has 0 bridgehead atoms. The van der Waals surface area contributed by atoms with Crippen molar-refractivity contribution in [3.8, 4) is 0 Å². The molecule has 2 rings (SSSR count). The lowest BCUT2D eigenvalue weighted by atomic mass is 9.94. The van der Waals surface area contributed by atoms with Gasteiger partial charge in [0.15, 0.2) is 0 Å². The third-order valence-electron chi connectivity index (χ3n) is 6.09. The van der Waals surface area contributed by atoms with Crippen LogP contribution >= 0.6 is 0 Å². The van der Waals surface area contributed by atoms with Gasteiger partial charge in [-0.25, -0.2) is 0 Å². The van der Waals surface area contributed by atoms with Crippen LogP contribution in [0.3, 0.4) is 0 Å². The van der Waals surface area contributed by atoms with E-state index in [1.54, 1.807) is 7.11 Å². The molecule has 1 aromatic rings. The first-order chi connectivity index (χ1) is 16.4. The van der Waals surface area contributed by atoms with E-state index in [1.807, 2.05) is 36.1 Å². The highest BCUT2D eigenvalue weighted by Gasteiger charge is 2.34. The minimum Gasteiger partial charge on any atom is -0.469 e. The normalized spacial score (nSPS) is 18.8. The van der Waals surface area contributed by atoms with Crippen LogP contribution in [0.4, 0.5) is 0 Å². The summed E-state index contributed by atoms with van der Waals surface area (Å²) in [7, 11) is 3.13. The number of aromatic nitrogens is 1. The summed E-state index contributed by atoms with van der Waals surface area (Å²) in [5, 5.41) is 3.34. The molecule has 1 fully saturated rings. The van der Waals surface area contributed by atoms with E-state index in [4.69, 9.17) is 9.47 Å². The summed E-state index contributed by atoms with van der Waals surface area (Å²) in [5.74, 6) is -0.109. The van der Waals surface area contributed by atoms with Crippen LogP contribution in [0.1, 0.15) is 56.1 Å². The Morgan fingerprint density at radius 2 is 2.03 bits per heavy atom. The Hall–Kier alpha value is -2.38. The summed E-state index contributed by atoms with van der Waals surface area (Å²) in [6.45, 7) is 9.63. The molecular formula is C27H43N3O4. The van der Waals surface area contributed by atoms with Crippen LogP contribution in [0, 0.1) is 11.8 Å². The number of unbranched alkanes of at least 4 members (excludes halogenated alkanes) is 1. The van der Waals surface area contributed by atoms with Gasteiger partial charge in [0, 0.05) is 52.1 Å². The molecule has 0 radical (unpaired) electrons. The first kappa shape index (κ1) is 27.9. The number of nitrogens with zero attached hydrogens (tertiary/aromatic N) is 2. The predicted octanol–water partition coefficient (Wildman–Crippen LogP) is 3.84. The van der Waals surface area contributed by atoms with E-state index < -0.39 is 0 Å². The van der Waals surface area contributed by atoms with Crippen molar-refractivity contribution in [2.24, 2.45) is 11.8 Å². The van der Waals surface area contributed by atoms with Crippen LogP contribution in [0.25, 0.3) is 0 Å². The molecule has 190 valence electrons. The van der Waals surface area contributed by atoms with Gasteiger partial charge in [-0.1, -0.05) is 38.2 Å². The number of methoxy groups -OCH3 is 2. The second-order valence-electron chi connectivity index (χ2n) is 9.40. The zero-order chi connectivity index (χ0) is 24.9. The molecule has 1 aromatic heterocycles. The molecule has 2 unspecified atom stereocenters. The number of esters is 1. The van der Waals surface area contributed by atoms with Crippen molar-refractivity contribution in [3.05, 3.63) is 47.8 Å². The fourth-order valence-corrected chi connectivity index (χ4v) is 4.41. The Balaban J connectivity index is 2.29. The predicted molar refractivity (Wildman–Crippen MR) is 136 cm³/mol. The van der Waals surface area contributed by atoms with Gasteiger partial charge in [0.05, 0.1) is 13.0 Å². The topological polar surface area (TPSA) is 72.8 Å². The number of rotatable bonds is 13. The summed E-state index contributed by atoms with van der Waals surface area (Å²) >= 11 is 0. The number of ether oxygens (including phenoxy) is 2. The van der Waals surface area contributed by atoms with Gasteiger partial charge < -0.3 is 24.3 Å². The van der Waals surface area contributed by atoms with Crippen molar-refractivity contribution in [2.75, 3.05) is 40.5 Å². The molecule has 0 aromatic carbocycles. The molecule has 0 aliphatic carbocycles. The van der Waals surface area contributed by atoms with Crippen LogP contribution in [-0.2, 0) is 27.2 Å². The van der Waals surface area contributed by atoms with Crippen molar-refractivity contribution in [1.82, 2.24) is 14.8 Å². The van der Waals surface area contributed by atoms with Crippen molar-refractivity contribution >= 4 is 11.9 Å². The summed E-state index contributed by atoms with van der Waals surface area (Å²) in [4.78, 5) is 28.1. The molecular weight excluding hydrogens is 430 g/mol. The quantitative estimate of drug-likeness (QED) is 0.268. The molecule has 1 N–H and O–H groups in total. The molecule has 0 spiro atoms. The Bertz CT molecular complexity index is 828. The zero-order valence-electron chi connectivity index (χ0n) is 21.6. The maximum atomic E-state index is 13.9.